The number of phenols is 1. The smallest absolute Gasteiger partial charge is 0.138 e. The van der Waals surface area contributed by atoms with Gasteiger partial charge in [0.2, 0.25) is 0 Å². The molecule has 0 aliphatic carbocycles. The van der Waals surface area contributed by atoms with Crippen LogP contribution in [0.5, 0.6) is 5.75 Å². The highest BCUT2D eigenvalue weighted by atomic mass is 16.3. The Kier molecular flexibility index (Phi) is 2.58. The first-order valence-corrected chi connectivity index (χ1v) is 4.17. The third-order valence-corrected chi connectivity index (χ3v) is 1.74. The van der Waals surface area contributed by atoms with Crippen molar-refractivity contribution in [2.24, 2.45) is 5.92 Å². The standard InChI is InChI=1S/C10H15NO/c1-7(2)5-8-3-4-9(11)10(12)6-8/h3-4,6-7,12H,5,11H2,1-2H3. The number of rotatable bonds is 2. The first-order chi connectivity index (χ1) is 5.59. The summed E-state index contributed by atoms with van der Waals surface area (Å²) in [5, 5.41) is 9.29. The maximum Gasteiger partial charge on any atom is 0.138 e. The van der Waals surface area contributed by atoms with E-state index in [1.807, 2.05) is 6.07 Å². The second kappa shape index (κ2) is 3.48. The van der Waals surface area contributed by atoms with Gasteiger partial charge in [-0.25, -0.2) is 0 Å². The maximum absolute atomic E-state index is 9.29. The van der Waals surface area contributed by atoms with Gasteiger partial charge < -0.3 is 10.8 Å². The van der Waals surface area contributed by atoms with E-state index >= 15 is 0 Å². The van der Waals surface area contributed by atoms with Crippen molar-refractivity contribution in [1.82, 2.24) is 0 Å². The second-order valence-electron chi connectivity index (χ2n) is 3.49. The van der Waals surface area contributed by atoms with Crippen LogP contribution in [0, 0.1) is 5.92 Å². The molecule has 2 nitrogen and oxygen atoms in total. The highest BCUT2D eigenvalue weighted by Gasteiger charge is 2.00. The van der Waals surface area contributed by atoms with Gasteiger partial charge in [-0.2, -0.15) is 0 Å². The van der Waals surface area contributed by atoms with Gasteiger partial charge >= 0.3 is 0 Å². The molecule has 0 amide bonds. The van der Waals surface area contributed by atoms with Crippen LogP contribution >= 0.6 is 0 Å². The Labute approximate surface area is 73.0 Å². The quantitative estimate of drug-likeness (QED) is 0.521. The van der Waals surface area contributed by atoms with Gasteiger partial charge in [-0.15, -0.1) is 0 Å². The summed E-state index contributed by atoms with van der Waals surface area (Å²) in [4.78, 5) is 0. The molecule has 0 aromatic heterocycles. The molecule has 0 saturated heterocycles. The van der Waals surface area contributed by atoms with E-state index in [-0.39, 0.29) is 5.75 Å². The molecule has 0 aliphatic heterocycles. The van der Waals surface area contributed by atoms with Gasteiger partial charge in [-0.3, -0.25) is 0 Å². The van der Waals surface area contributed by atoms with E-state index in [2.05, 4.69) is 13.8 Å². The van der Waals surface area contributed by atoms with Gasteiger partial charge in [0.25, 0.3) is 0 Å². The average Bonchev–Trinajstić information content (AvgIpc) is 1.96. The molecule has 0 bridgehead atoms. The number of phenolic OH excluding ortho intramolecular Hbond substituents is 1. The number of nitrogen functional groups attached to an aromatic ring is 1. The van der Waals surface area contributed by atoms with Gasteiger partial charge in [0.05, 0.1) is 5.69 Å². The Balaban J connectivity index is 2.82. The maximum atomic E-state index is 9.29. The number of anilines is 1. The number of benzene rings is 1. The molecule has 1 aromatic carbocycles. The summed E-state index contributed by atoms with van der Waals surface area (Å²) < 4.78 is 0. The van der Waals surface area contributed by atoms with E-state index < -0.39 is 0 Å². The molecule has 0 unspecified atom stereocenters. The molecular formula is C10H15NO. The highest BCUT2D eigenvalue weighted by Crippen LogP contribution is 2.21. The zero-order valence-electron chi connectivity index (χ0n) is 7.54. The lowest BCUT2D eigenvalue weighted by atomic mass is 10.0. The first-order valence-electron chi connectivity index (χ1n) is 4.17. The van der Waals surface area contributed by atoms with Crippen molar-refractivity contribution in [1.29, 1.82) is 0 Å². The fraction of sp³-hybridized carbons (Fsp3) is 0.400. The Morgan fingerprint density at radius 3 is 2.58 bits per heavy atom. The molecule has 0 saturated carbocycles. The van der Waals surface area contributed by atoms with Gasteiger partial charge in [0, 0.05) is 0 Å². The molecule has 0 aliphatic rings. The van der Waals surface area contributed by atoms with Crippen molar-refractivity contribution < 1.29 is 5.11 Å². The molecule has 2 heteroatoms. The molecule has 1 aromatic rings. The molecule has 0 radical (unpaired) electrons. The summed E-state index contributed by atoms with van der Waals surface area (Å²) in [6, 6.07) is 5.43. The van der Waals surface area contributed by atoms with Crippen molar-refractivity contribution in [2.75, 3.05) is 5.73 Å². The van der Waals surface area contributed by atoms with Crippen LogP contribution < -0.4 is 5.73 Å². The van der Waals surface area contributed by atoms with Crippen LogP contribution in [0.4, 0.5) is 5.69 Å². The molecule has 1 rings (SSSR count). The zero-order chi connectivity index (χ0) is 9.14. The molecule has 3 N–H and O–H groups in total. The summed E-state index contributed by atoms with van der Waals surface area (Å²) >= 11 is 0. The first kappa shape index (κ1) is 8.91. The van der Waals surface area contributed by atoms with Crippen LogP contribution in [0.2, 0.25) is 0 Å². The lowest BCUT2D eigenvalue weighted by molar-refractivity contribution is 0.476. The Morgan fingerprint density at radius 2 is 2.08 bits per heavy atom. The van der Waals surface area contributed by atoms with E-state index in [0.29, 0.717) is 11.6 Å². The largest absolute Gasteiger partial charge is 0.506 e. The summed E-state index contributed by atoms with van der Waals surface area (Å²) in [5.41, 5.74) is 7.05. The minimum absolute atomic E-state index is 0.188. The van der Waals surface area contributed by atoms with Crippen LogP contribution in [0.25, 0.3) is 0 Å². The van der Waals surface area contributed by atoms with Crippen LogP contribution in [-0.2, 0) is 6.42 Å². The van der Waals surface area contributed by atoms with E-state index in [9.17, 15) is 5.11 Å². The van der Waals surface area contributed by atoms with Crippen molar-refractivity contribution in [3.63, 3.8) is 0 Å². The lowest BCUT2D eigenvalue weighted by Crippen LogP contribution is -1.94. The molecule has 12 heavy (non-hydrogen) atoms. The van der Waals surface area contributed by atoms with Crippen LogP contribution in [0.15, 0.2) is 18.2 Å². The van der Waals surface area contributed by atoms with E-state index in [1.165, 1.54) is 0 Å². The predicted molar refractivity (Wildman–Crippen MR) is 51.1 cm³/mol. The van der Waals surface area contributed by atoms with Crippen LogP contribution in [-0.4, -0.2) is 5.11 Å². The zero-order valence-corrected chi connectivity index (χ0v) is 7.54. The number of hydrogen-bond acceptors (Lipinski definition) is 2. The molecule has 66 valence electrons. The molecule has 0 atom stereocenters. The van der Waals surface area contributed by atoms with Crippen LogP contribution in [0.3, 0.4) is 0 Å². The number of hydrogen-bond donors (Lipinski definition) is 2. The fourth-order valence-electron chi connectivity index (χ4n) is 1.19. The molecule has 0 spiro atoms. The van der Waals surface area contributed by atoms with E-state index in [0.717, 1.165) is 12.0 Å². The van der Waals surface area contributed by atoms with Crippen molar-refractivity contribution in [3.8, 4) is 5.75 Å². The van der Waals surface area contributed by atoms with Crippen molar-refractivity contribution in [2.45, 2.75) is 20.3 Å². The average molecular weight is 165 g/mol. The summed E-state index contributed by atoms with van der Waals surface area (Å²) in [6.07, 6.45) is 0.980. The Hall–Kier alpha value is -1.18. The van der Waals surface area contributed by atoms with E-state index in [1.54, 1.807) is 12.1 Å². The Bertz CT molecular complexity index is 269. The summed E-state index contributed by atoms with van der Waals surface area (Å²) in [7, 11) is 0. The SMILES string of the molecule is CC(C)Cc1ccc(N)c(O)c1. The van der Waals surface area contributed by atoms with Crippen molar-refractivity contribution in [3.05, 3.63) is 23.8 Å². The minimum Gasteiger partial charge on any atom is -0.506 e. The monoisotopic (exact) mass is 165 g/mol. The summed E-state index contributed by atoms with van der Waals surface area (Å²) in [6.45, 7) is 4.29. The lowest BCUT2D eigenvalue weighted by Gasteiger charge is -2.06. The number of nitrogens with two attached hydrogens (primary N) is 1. The molecule has 0 heterocycles. The Morgan fingerprint density at radius 1 is 1.42 bits per heavy atom. The van der Waals surface area contributed by atoms with Crippen molar-refractivity contribution >= 4 is 5.69 Å². The molecule has 0 fully saturated rings. The van der Waals surface area contributed by atoms with Gasteiger partial charge in [0.15, 0.2) is 0 Å². The number of aromatic hydroxyl groups is 1. The summed E-state index contributed by atoms with van der Waals surface area (Å²) in [5.74, 6) is 0.793. The third-order valence-electron chi connectivity index (χ3n) is 1.74. The molecular weight excluding hydrogens is 150 g/mol. The predicted octanol–water partition coefficient (Wildman–Crippen LogP) is 2.17. The van der Waals surface area contributed by atoms with Gasteiger partial charge in [-0.05, 0) is 30.0 Å². The van der Waals surface area contributed by atoms with Gasteiger partial charge in [-0.1, -0.05) is 19.9 Å². The normalized spacial score (nSPS) is 10.6. The second-order valence-corrected chi connectivity index (χ2v) is 3.49. The minimum atomic E-state index is 0.188. The van der Waals surface area contributed by atoms with Crippen LogP contribution in [0.1, 0.15) is 19.4 Å². The third kappa shape index (κ3) is 2.16. The highest BCUT2D eigenvalue weighted by molar-refractivity contribution is 5.52. The van der Waals surface area contributed by atoms with E-state index in [4.69, 9.17) is 5.73 Å². The van der Waals surface area contributed by atoms with Gasteiger partial charge in [0.1, 0.15) is 5.75 Å². The topological polar surface area (TPSA) is 46.2 Å². The fourth-order valence-corrected chi connectivity index (χ4v) is 1.19.